The number of esters is 1. The van der Waals surface area contributed by atoms with Gasteiger partial charge in [-0.2, -0.15) is 0 Å². The first-order valence-electron chi connectivity index (χ1n) is 7.16. The molecule has 0 N–H and O–H groups in total. The molecule has 0 unspecified atom stereocenters. The number of benzene rings is 2. The molecule has 3 nitrogen and oxygen atoms in total. The number of carbonyl (C=O) groups is 1. The number of thiazole rings is 1. The highest BCUT2D eigenvalue weighted by Gasteiger charge is 2.13. The van der Waals surface area contributed by atoms with Gasteiger partial charge in [-0.1, -0.05) is 53.0 Å². The summed E-state index contributed by atoms with van der Waals surface area (Å²) in [6.45, 7) is 2.14. The number of carbonyl (C=O) groups excluding carboxylic acids is 1. The van der Waals surface area contributed by atoms with Crippen molar-refractivity contribution in [3.63, 3.8) is 0 Å². The summed E-state index contributed by atoms with van der Waals surface area (Å²) in [4.78, 5) is 16.6. The molecule has 1 heterocycles. The highest BCUT2D eigenvalue weighted by Crippen LogP contribution is 2.25. The van der Waals surface area contributed by atoms with Gasteiger partial charge in [0.05, 0.1) is 16.3 Å². The van der Waals surface area contributed by atoms with E-state index in [2.05, 4.69) is 4.98 Å². The van der Waals surface area contributed by atoms with E-state index in [0.29, 0.717) is 10.7 Å². The van der Waals surface area contributed by atoms with E-state index < -0.39 is 5.97 Å². The van der Waals surface area contributed by atoms with Gasteiger partial charge in [0.25, 0.3) is 0 Å². The first-order chi connectivity index (χ1) is 11.5. The average Bonchev–Trinajstić information content (AvgIpc) is 3.02. The summed E-state index contributed by atoms with van der Waals surface area (Å²) in [5, 5.41) is 3.52. The number of ether oxygens (including phenoxy) is 1. The molecule has 0 amide bonds. The molecule has 24 heavy (non-hydrogen) atoms. The van der Waals surface area contributed by atoms with E-state index in [9.17, 15) is 4.79 Å². The second kappa shape index (κ2) is 7.34. The van der Waals surface area contributed by atoms with Gasteiger partial charge in [-0.25, -0.2) is 9.78 Å². The number of nitrogens with zero attached hydrogens (tertiary/aromatic N) is 1. The lowest BCUT2D eigenvalue weighted by atomic mass is 10.2. The zero-order chi connectivity index (χ0) is 17.1. The summed E-state index contributed by atoms with van der Waals surface area (Å²) in [7, 11) is 0. The minimum atomic E-state index is -0.499. The zero-order valence-corrected chi connectivity index (χ0v) is 15.1. The molecule has 0 aliphatic rings. The zero-order valence-electron chi connectivity index (χ0n) is 12.8. The van der Waals surface area contributed by atoms with Crippen molar-refractivity contribution in [1.29, 1.82) is 0 Å². The van der Waals surface area contributed by atoms with Crippen molar-refractivity contribution >= 4 is 40.5 Å². The van der Waals surface area contributed by atoms with Crippen LogP contribution < -0.4 is 0 Å². The van der Waals surface area contributed by atoms with Crippen molar-refractivity contribution in [1.82, 2.24) is 4.98 Å². The van der Waals surface area contributed by atoms with Gasteiger partial charge in [0, 0.05) is 16.0 Å². The Morgan fingerprint density at radius 2 is 1.92 bits per heavy atom. The standard InChI is InChI=1S/C18H13Cl2NO2S/c1-11-2-4-12(5-3-11)17-21-14(10-24-17)9-23-18(22)15-7-6-13(19)8-16(15)20/h2-8,10H,9H2,1H3. The van der Waals surface area contributed by atoms with E-state index in [1.54, 1.807) is 12.1 Å². The summed E-state index contributed by atoms with van der Waals surface area (Å²) < 4.78 is 5.28. The second-order valence-electron chi connectivity index (χ2n) is 5.21. The van der Waals surface area contributed by atoms with Crippen molar-refractivity contribution in [2.24, 2.45) is 0 Å². The highest BCUT2D eigenvalue weighted by molar-refractivity contribution is 7.13. The molecule has 3 aromatic rings. The minimum Gasteiger partial charge on any atom is -0.456 e. The molecule has 0 saturated carbocycles. The third-order valence-corrected chi connectivity index (χ3v) is 4.84. The van der Waals surface area contributed by atoms with Crippen LogP contribution in [0.25, 0.3) is 10.6 Å². The fourth-order valence-electron chi connectivity index (χ4n) is 2.07. The van der Waals surface area contributed by atoms with Gasteiger partial charge in [0.15, 0.2) is 0 Å². The van der Waals surface area contributed by atoms with Crippen LogP contribution in [0.5, 0.6) is 0 Å². The Hall–Kier alpha value is -1.88. The van der Waals surface area contributed by atoms with E-state index in [0.717, 1.165) is 10.6 Å². The Labute approximate surface area is 153 Å². The third kappa shape index (κ3) is 3.96. The highest BCUT2D eigenvalue weighted by atomic mass is 35.5. The average molecular weight is 378 g/mol. The summed E-state index contributed by atoms with van der Waals surface area (Å²) in [5.74, 6) is -0.499. The van der Waals surface area contributed by atoms with Crippen LogP contribution in [0.15, 0.2) is 47.8 Å². The molecular formula is C18H13Cl2NO2S. The molecule has 122 valence electrons. The van der Waals surface area contributed by atoms with Crippen LogP contribution in [-0.4, -0.2) is 11.0 Å². The van der Waals surface area contributed by atoms with Gasteiger partial charge >= 0.3 is 5.97 Å². The molecule has 0 bridgehead atoms. The van der Waals surface area contributed by atoms with E-state index in [1.165, 1.54) is 23.0 Å². The Balaban J connectivity index is 1.67. The van der Waals surface area contributed by atoms with E-state index in [1.807, 2.05) is 36.6 Å². The number of aryl methyl sites for hydroxylation is 1. The number of hydrogen-bond donors (Lipinski definition) is 0. The molecule has 6 heteroatoms. The monoisotopic (exact) mass is 377 g/mol. The molecule has 3 rings (SSSR count). The predicted molar refractivity (Wildman–Crippen MR) is 97.9 cm³/mol. The van der Waals surface area contributed by atoms with Crippen LogP contribution in [0.4, 0.5) is 0 Å². The van der Waals surface area contributed by atoms with Crippen molar-refractivity contribution in [2.45, 2.75) is 13.5 Å². The van der Waals surface area contributed by atoms with E-state index in [4.69, 9.17) is 27.9 Å². The maximum absolute atomic E-state index is 12.1. The summed E-state index contributed by atoms with van der Waals surface area (Å²) in [6.07, 6.45) is 0. The van der Waals surface area contributed by atoms with Gasteiger partial charge < -0.3 is 4.74 Å². The molecule has 0 atom stereocenters. The Bertz CT molecular complexity index is 875. The van der Waals surface area contributed by atoms with Crippen molar-refractivity contribution in [2.75, 3.05) is 0 Å². The maximum Gasteiger partial charge on any atom is 0.340 e. The molecule has 0 fully saturated rings. The summed E-state index contributed by atoms with van der Waals surface area (Å²) in [5.41, 5.74) is 3.23. The minimum absolute atomic E-state index is 0.0974. The molecular weight excluding hydrogens is 365 g/mol. The van der Waals surface area contributed by atoms with Crippen LogP contribution in [0.1, 0.15) is 21.6 Å². The molecule has 0 aliphatic heterocycles. The van der Waals surface area contributed by atoms with E-state index in [-0.39, 0.29) is 17.2 Å². The lowest BCUT2D eigenvalue weighted by molar-refractivity contribution is 0.0468. The molecule has 0 radical (unpaired) electrons. The smallest absolute Gasteiger partial charge is 0.340 e. The number of hydrogen-bond acceptors (Lipinski definition) is 4. The lowest BCUT2D eigenvalue weighted by Gasteiger charge is -2.05. The second-order valence-corrected chi connectivity index (χ2v) is 6.91. The number of aromatic nitrogens is 1. The quantitative estimate of drug-likeness (QED) is 0.540. The third-order valence-electron chi connectivity index (χ3n) is 3.35. The van der Waals surface area contributed by atoms with Gasteiger partial charge in [0.1, 0.15) is 11.6 Å². The van der Waals surface area contributed by atoms with Crippen LogP contribution in [0.3, 0.4) is 0 Å². The maximum atomic E-state index is 12.1. The molecule has 1 aromatic heterocycles. The van der Waals surface area contributed by atoms with Crippen LogP contribution in [-0.2, 0) is 11.3 Å². The fraction of sp³-hybridized carbons (Fsp3) is 0.111. The summed E-state index contributed by atoms with van der Waals surface area (Å²) in [6, 6.07) is 12.8. The van der Waals surface area contributed by atoms with Crippen LogP contribution in [0.2, 0.25) is 10.0 Å². The van der Waals surface area contributed by atoms with Gasteiger partial charge in [0.2, 0.25) is 0 Å². The Morgan fingerprint density at radius 1 is 1.17 bits per heavy atom. The van der Waals surface area contributed by atoms with Crippen LogP contribution >= 0.6 is 34.5 Å². The van der Waals surface area contributed by atoms with Gasteiger partial charge in [-0.15, -0.1) is 11.3 Å². The lowest BCUT2D eigenvalue weighted by Crippen LogP contribution is -2.06. The molecule has 0 aliphatic carbocycles. The largest absolute Gasteiger partial charge is 0.456 e. The van der Waals surface area contributed by atoms with Gasteiger partial charge in [-0.05, 0) is 25.1 Å². The number of rotatable bonds is 4. The Kier molecular flexibility index (Phi) is 5.19. The normalized spacial score (nSPS) is 10.6. The van der Waals surface area contributed by atoms with Crippen molar-refractivity contribution in [3.8, 4) is 10.6 Å². The first kappa shape index (κ1) is 17.0. The number of halogens is 2. The molecule has 2 aromatic carbocycles. The summed E-state index contributed by atoms with van der Waals surface area (Å²) >= 11 is 13.3. The SMILES string of the molecule is Cc1ccc(-c2nc(COC(=O)c3ccc(Cl)cc3Cl)cs2)cc1. The first-order valence-corrected chi connectivity index (χ1v) is 8.80. The van der Waals surface area contributed by atoms with Crippen LogP contribution in [0, 0.1) is 6.92 Å². The molecule has 0 spiro atoms. The topological polar surface area (TPSA) is 39.2 Å². The fourth-order valence-corrected chi connectivity index (χ4v) is 3.37. The van der Waals surface area contributed by atoms with Gasteiger partial charge in [-0.3, -0.25) is 0 Å². The Morgan fingerprint density at radius 3 is 2.62 bits per heavy atom. The van der Waals surface area contributed by atoms with E-state index >= 15 is 0 Å². The van der Waals surface area contributed by atoms with Crippen molar-refractivity contribution < 1.29 is 9.53 Å². The predicted octanol–water partition coefficient (Wildman–Crippen LogP) is 5.78. The van der Waals surface area contributed by atoms with Crippen molar-refractivity contribution in [3.05, 3.63) is 74.7 Å². The molecule has 0 saturated heterocycles.